The lowest BCUT2D eigenvalue weighted by molar-refractivity contribution is 0.0131. The lowest BCUT2D eigenvalue weighted by Crippen LogP contribution is -2.37. The Morgan fingerprint density at radius 1 is 1.53 bits per heavy atom. The molecule has 0 saturated carbocycles. The maximum atomic E-state index is 9.60. The fraction of sp³-hybridized carbons (Fsp3) is 0.636. The van der Waals surface area contributed by atoms with E-state index < -0.39 is 5.60 Å². The summed E-state index contributed by atoms with van der Waals surface area (Å²) in [7, 11) is 0. The molecule has 1 heterocycles. The molecule has 0 aliphatic carbocycles. The first-order valence-corrected chi connectivity index (χ1v) is 5.50. The van der Waals surface area contributed by atoms with Crippen molar-refractivity contribution in [3.8, 4) is 5.88 Å². The van der Waals surface area contributed by atoms with Crippen molar-refractivity contribution in [1.82, 2.24) is 9.97 Å². The maximum Gasteiger partial charge on any atom is 0.226 e. The van der Waals surface area contributed by atoms with Crippen molar-refractivity contribution in [2.24, 2.45) is 0 Å². The first-order valence-electron chi connectivity index (χ1n) is 5.50. The van der Waals surface area contributed by atoms with Crippen molar-refractivity contribution in [2.75, 3.05) is 18.5 Å². The van der Waals surface area contributed by atoms with Crippen molar-refractivity contribution in [1.29, 1.82) is 0 Å². The topological polar surface area (TPSA) is 87.5 Å². The summed E-state index contributed by atoms with van der Waals surface area (Å²) >= 11 is 0. The van der Waals surface area contributed by atoms with Gasteiger partial charge in [0.15, 0.2) is 0 Å². The van der Waals surface area contributed by atoms with Crippen LogP contribution in [0.4, 0.5) is 5.95 Å². The van der Waals surface area contributed by atoms with Gasteiger partial charge in [0.05, 0.1) is 12.7 Å². The molecule has 96 valence electrons. The van der Waals surface area contributed by atoms with Crippen LogP contribution in [0.2, 0.25) is 0 Å². The van der Waals surface area contributed by atoms with E-state index in [-0.39, 0.29) is 19.3 Å². The van der Waals surface area contributed by atoms with E-state index in [1.807, 2.05) is 13.8 Å². The molecule has 0 aromatic carbocycles. The van der Waals surface area contributed by atoms with Gasteiger partial charge in [0.2, 0.25) is 11.8 Å². The van der Waals surface area contributed by atoms with Crippen LogP contribution in [0.3, 0.4) is 0 Å². The predicted molar refractivity (Wildman–Crippen MR) is 64.0 cm³/mol. The quantitative estimate of drug-likeness (QED) is 0.669. The standard InChI is InChI=1S/C11H19N3O3/c1-8(2)17-9-4-5-12-10(14-9)13-6-11(3,16)7-15/h4-5,8,15-16H,6-7H2,1-3H3,(H,12,13,14). The van der Waals surface area contributed by atoms with E-state index in [1.54, 1.807) is 12.3 Å². The number of ether oxygens (including phenoxy) is 1. The van der Waals surface area contributed by atoms with E-state index in [2.05, 4.69) is 15.3 Å². The second-order valence-corrected chi connectivity index (χ2v) is 4.39. The van der Waals surface area contributed by atoms with Gasteiger partial charge >= 0.3 is 0 Å². The Hall–Kier alpha value is -1.40. The fourth-order valence-electron chi connectivity index (χ4n) is 1.06. The molecule has 0 spiro atoms. The predicted octanol–water partition coefficient (Wildman–Crippen LogP) is 0.419. The zero-order valence-electron chi connectivity index (χ0n) is 10.3. The van der Waals surface area contributed by atoms with Crippen LogP contribution in [0, 0.1) is 0 Å². The van der Waals surface area contributed by atoms with E-state index in [0.717, 1.165) is 0 Å². The first kappa shape index (κ1) is 13.7. The molecule has 0 fully saturated rings. The molecule has 6 heteroatoms. The molecule has 6 nitrogen and oxygen atoms in total. The highest BCUT2D eigenvalue weighted by Gasteiger charge is 2.18. The Bertz CT molecular complexity index is 356. The first-order chi connectivity index (χ1) is 7.93. The van der Waals surface area contributed by atoms with Crippen molar-refractivity contribution < 1.29 is 14.9 Å². The fourth-order valence-corrected chi connectivity index (χ4v) is 1.06. The molecule has 0 aliphatic heterocycles. The number of nitrogens with one attached hydrogen (secondary N) is 1. The molecule has 0 radical (unpaired) electrons. The third kappa shape index (κ3) is 4.97. The number of hydrogen-bond donors (Lipinski definition) is 3. The Labute approximate surface area is 101 Å². The van der Waals surface area contributed by atoms with Crippen molar-refractivity contribution in [3.63, 3.8) is 0 Å². The van der Waals surface area contributed by atoms with Gasteiger partial charge in [-0.15, -0.1) is 0 Å². The van der Waals surface area contributed by atoms with E-state index in [1.165, 1.54) is 6.92 Å². The van der Waals surface area contributed by atoms with E-state index in [4.69, 9.17) is 9.84 Å². The van der Waals surface area contributed by atoms with Crippen LogP contribution >= 0.6 is 0 Å². The van der Waals surface area contributed by atoms with E-state index in [0.29, 0.717) is 11.8 Å². The Balaban J connectivity index is 2.60. The molecule has 0 saturated heterocycles. The molecule has 0 bridgehead atoms. The molecule has 1 unspecified atom stereocenters. The van der Waals surface area contributed by atoms with E-state index in [9.17, 15) is 5.11 Å². The van der Waals surface area contributed by atoms with Crippen LogP contribution in [0.5, 0.6) is 5.88 Å². The third-order valence-electron chi connectivity index (χ3n) is 1.95. The number of aliphatic hydroxyl groups excluding tert-OH is 1. The van der Waals surface area contributed by atoms with Gasteiger partial charge in [0.25, 0.3) is 0 Å². The third-order valence-corrected chi connectivity index (χ3v) is 1.95. The highest BCUT2D eigenvalue weighted by molar-refractivity contribution is 5.28. The Morgan fingerprint density at radius 2 is 2.24 bits per heavy atom. The van der Waals surface area contributed by atoms with Crippen LogP contribution in [0.25, 0.3) is 0 Å². The second-order valence-electron chi connectivity index (χ2n) is 4.39. The van der Waals surface area contributed by atoms with E-state index >= 15 is 0 Å². The molecular weight excluding hydrogens is 222 g/mol. The van der Waals surface area contributed by atoms with Gasteiger partial charge in [-0.2, -0.15) is 4.98 Å². The van der Waals surface area contributed by atoms with Crippen LogP contribution in [0.15, 0.2) is 12.3 Å². The van der Waals surface area contributed by atoms with Crippen LogP contribution in [-0.4, -0.2) is 45.0 Å². The maximum absolute atomic E-state index is 9.60. The van der Waals surface area contributed by atoms with Crippen molar-refractivity contribution in [3.05, 3.63) is 12.3 Å². The van der Waals surface area contributed by atoms with Gasteiger partial charge in [0, 0.05) is 18.8 Å². The molecule has 1 aromatic rings. The summed E-state index contributed by atoms with van der Waals surface area (Å²) in [6, 6.07) is 1.66. The van der Waals surface area contributed by atoms with Gasteiger partial charge in [-0.1, -0.05) is 0 Å². The SMILES string of the molecule is CC(C)Oc1ccnc(NCC(C)(O)CO)n1. The molecular formula is C11H19N3O3. The van der Waals surface area contributed by atoms with Gasteiger partial charge in [-0.3, -0.25) is 0 Å². The molecule has 1 rings (SSSR count). The largest absolute Gasteiger partial charge is 0.475 e. The summed E-state index contributed by atoms with van der Waals surface area (Å²) in [6.07, 6.45) is 1.61. The molecule has 1 atom stereocenters. The highest BCUT2D eigenvalue weighted by Crippen LogP contribution is 2.11. The number of hydrogen-bond acceptors (Lipinski definition) is 6. The zero-order chi connectivity index (χ0) is 12.9. The number of nitrogens with zero attached hydrogens (tertiary/aromatic N) is 2. The van der Waals surface area contributed by atoms with Crippen LogP contribution < -0.4 is 10.1 Å². The van der Waals surface area contributed by atoms with Crippen molar-refractivity contribution >= 4 is 5.95 Å². The molecule has 0 aliphatic rings. The second kappa shape index (κ2) is 5.79. The molecule has 1 aromatic heterocycles. The summed E-state index contributed by atoms with van der Waals surface area (Å²) in [5.41, 5.74) is -1.20. The van der Waals surface area contributed by atoms with Gasteiger partial charge < -0.3 is 20.3 Å². The smallest absolute Gasteiger partial charge is 0.226 e. The number of aromatic nitrogens is 2. The average molecular weight is 241 g/mol. The molecule has 3 N–H and O–H groups in total. The van der Waals surface area contributed by atoms with Gasteiger partial charge in [0.1, 0.15) is 5.60 Å². The van der Waals surface area contributed by atoms with Crippen LogP contribution in [-0.2, 0) is 0 Å². The minimum Gasteiger partial charge on any atom is -0.475 e. The monoisotopic (exact) mass is 241 g/mol. The number of aliphatic hydroxyl groups is 2. The van der Waals surface area contributed by atoms with Crippen molar-refractivity contribution in [2.45, 2.75) is 32.5 Å². The summed E-state index contributed by atoms with van der Waals surface area (Å²) in [5, 5.41) is 21.3. The Kier molecular flexibility index (Phi) is 4.65. The summed E-state index contributed by atoms with van der Waals surface area (Å²) < 4.78 is 5.41. The molecule has 0 amide bonds. The minimum absolute atomic E-state index is 0.0401. The van der Waals surface area contributed by atoms with Gasteiger partial charge in [-0.25, -0.2) is 4.98 Å². The minimum atomic E-state index is -1.20. The van der Waals surface area contributed by atoms with Crippen LogP contribution in [0.1, 0.15) is 20.8 Å². The summed E-state index contributed by atoms with van der Waals surface area (Å²) in [5.74, 6) is 0.831. The lowest BCUT2D eigenvalue weighted by atomic mass is 10.1. The highest BCUT2D eigenvalue weighted by atomic mass is 16.5. The molecule has 17 heavy (non-hydrogen) atoms. The lowest BCUT2D eigenvalue weighted by Gasteiger charge is -2.20. The Morgan fingerprint density at radius 3 is 2.82 bits per heavy atom. The summed E-state index contributed by atoms with van der Waals surface area (Å²) in [4.78, 5) is 8.10. The van der Waals surface area contributed by atoms with Gasteiger partial charge in [-0.05, 0) is 20.8 Å². The summed E-state index contributed by atoms with van der Waals surface area (Å²) in [6.45, 7) is 5.17. The normalized spacial score (nSPS) is 14.5. The average Bonchev–Trinajstić information content (AvgIpc) is 2.26. The number of rotatable bonds is 6. The number of anilines is 1. The zero-order valence-corrected chi connectivity index (χ0v) is 10.3.